The minimum Gasteiger partial charge on any atom is -0.464 e. The topological polar surface area (TPSA) is 55.8 Å². The van der Waals surface area contributed by atoms with Gasteiger partial charge in [-0.25, -0.2) is 9.86 Å². The minimum atomic E-state index is -0.733. The first-order chi connectivity index (χ1) is 11.7. The van der Waals surface area contributed by atoms with Gasteiger partial charge in [0.25, 0.3) is 5.91 Å². The number of ether oxygens (including phenoxy) is 1. The molecular formula is C20H31NO4. The number of hydroxylamine groups is 2. The minimum absolute atomic E-state index is 0.194. The van der Waals surface area contributed by atoms with Gasteiger partial charge in [-0.05, 0) is 56.7 Å². The van der Waals surface area contributed by atoms with Crippen molar-refractivity contribution in [3.05, 3.63) is 34.4 Å². The van der Waals surface area contributed by atoms with E-state index in [-0.39, 0.29) is 24.9 Å². The molecule has 140 valence electrons. The third-order valence-corrected chi connectivity index (χ3v) is 4.15. The summed E-state index contributed by atoms with van der Waals surface area (Å²) in [6, 6.07) is 3.39. The molecule has 5 nitrogen and oxygen atoms in total. The van der Waals surface area contributed by atoms with Crippen molar-refractivity contribution in [1.29, 1.82) is 0 Å². The first kappa shape index (κ1) is 21.2. The highest BCUT2D eigenvalue weighted by atomic mass is 16.7. The smallest absolute Gasteiger partial charge is 0.331 e. The van der Waals surface area contributed by atoms with Crippen molar-refractivity contribution < 1.29 is 19.2 Å². The summed E-state index contributed by atoms with van der Waals surface area (Å²) in [7, 11) is 1.42. The van der Waals surface area contributed by atoms with Crippen LogP contribution >= 0.6 is 0 Å². The first-order valence-corrected chi connectivity index (χ1v) is 8.80. The average molecular weight is 349 g/mol. The molecule has 0 heterocycles. The summed E-state index contributed by atoms with van der Waals surface area (Å²) < 4.78 is 5.14. The fourth-order valence-electron chi connectivity index (χ4n) is 3.09. The second-order valence-electron chi connectivity index (χ2n) is 6.85. The second-order valence-corrected chi connectivity index (χ2v) is 6.85. The van der Waals surface area contributed by atoms with Gasteiger partial charge in [0.05, 0.1) is 20.1 Å². The highest BCUT2D eigenvalue weighted by Gasteiger charge is 2.32. The van der Waals surface area contributed by atoms with Crippen LogP contribution in [-0.4, -0.2) is 36.7 Å². The van der Waals surface area contributed by atoms with E-state index < -0.39 is 12.0 Å². The molecule has 1 atom stereocenters. The van der Waals surface area contributed by atoms with Crippen molar-refractivity contribution in [2.75, 3.05) is 13.7 Å². The largest absolute Gasteiger partial charge is 0.464 e. The third-order valence-electron chi connectivity index (χ3n) is 4.15. The Bertz CT molecular complexity index is 587. The maximum Gasteiger partial charge on any atom is 0.331 e. The lowest BCUT2D eigenvalue weighted by atomic mass is 9.96. The van der Waals surface area contributed by atoms with Crippen LogP contribution in [0.3, 0.4) is 0 Å². The van der Waals surface area contributed by atoms with Gasteiger partial charge in [-0.15, -0.1) is 0 Å². The van der Waals surface area contributed by atoms with Crippen LogP contribution in [0, 0.1) is 26.7 Å². The summed E-state index contributed by atoms with van der Waals surface area (Å²) in [5, 5.41) is 1.18. The van der Waals surface area contributed by atoms with Gasteiger partial charge < -0.3 is 4.74 Å². The zero-order valence-corrected chi connectivity index (χ0v) is 16.5. The maximum absolute atomic E-state index is 12.9. The molecule has 0 aromatic heterocycles. The molecule has 1 unspecified atom stereocenters. The van der Waals surface area contributed by atoms with Crippen LogP contribution in [-0.2, 0) is 25.6 Å². The Morgan fingerprint density at radius 3 is 2.12 bits per heavy atom. The monoisotopic (exact) mass is 349 g/mol. The Hall–Kier alpha value is -1.88. The SMILES string of the molecule is CCOC(=O)C(CC(C)C)N(OC)C(=O)Cc1c(C)cc(C)cc1C. The summed E-state index contributed by atoms with van der Waals surface area (Å²) in [5.41, 5.74) is 4.28. The van der Waals surface area contributed by atoms with Gasteiger partial charge in [-0.1, -0.05) is 31.5 Å². The van der Waals surface area contributed by atoms with E-state index in [1.54, 1.807) is 6.92 Å². The Labute approximate surface area is 151 Å². The lowest BCUT2D eigenvalue weighted by molar-refractivity contribution is -0.199. The number of amides is 1. The number of benzene rings is 1. The number of esters is 1. The highest BCUT2D eigenvalue weighted by Crippen LogP contribution is 2.20. The molecule has 1 rings (SSSR count). The molecule has 25 heavy (non-hydrogen) atoms. The van der Waals surface area contributed by atoms with Gasteiger partial charge >= 0.3 is 5.97 Å². The first-order valence-electron chi connectivity index (χ1n) is 8.80. The molecule has 0 saturated heterocycles. The van der Waals surface area contributed by atoms with E-state index >= 15 is 0 Å². The van der Waals surface area contributed by atoms with Crippen LogP contribution in [0.25, 0.3) is 0 Å². The Morgan fingerprint density at radius 2 is 1.68 bits per heavy atom. The summed E-state index contributed by atoms with van der Waals surface area (Å²) >= 11 is 0. The molecule has 1 amide bonds. The van der Waals surface area contributed by atoms with Crippen molar-refractivity contribution in [2.45, 2.75) is 60.4 Å². The number of hydrogen-bond donors (Lipinski definition) is 0. The summed E-state index contributed by atoms with van der Waals surface area (Å²) in [5.74, 6) is -0.442. The molecule has 0 radical (unpaired) electrons. The average Bonchev–Trinajstić information content (AvgIpc) is 2.50. The quantitative estimate of drug-likeness (QED) is 0.532. The fourth-order valence-corrected chi connectivity index (χ4v) is 3.09. The number of nitrogens with zero attached hydrogens (tertiary/aromatic N) is 1. The van der Waals surface area contributed by atoms with Crippen LogP contribution in [0.1, 0.15) is 49.4 Å². The van der Waals surface area contributed by atoms with Crippen molar-refractivity contribution >= 4 is 11.9 Å². The third kappa shape index (κ3) is 5.85. The predicted octanol–water partition coefficient (Wildman–Crippen LogP) is 3.52. The molecule has 1 aromatic rings. The molecule has 0 spiro atoms. The van der Waals surface area contributed by atoms with Gasteiger partial charge in [-0.3, -0.25) is 9.63 Å². The molecule has 0 bridgehead atoms. The Kier molecular flexibility index (Phi) is 8.10. The Balaban J connectivity index is 3.06. The van der Waals surface area contributed by atoms with E-state index in [1.807, 2.05) is 34.6 Å². The second kappa shape index (κ2) is 9.56. The van der Waals surface area contributed by atoms with Crippen LogP contribution in [0.2, 0.25) is 0 Å². The molecule has 0 aliphatic carbocycles. The van der Waals surface area contributed by atoms with E-state index in [0.717, 1.165) is 16.7 Å². The standard InChI is InChI=1S/C20H31NO4/c1-8-25-20(23)18(9-13(2)3)21(24-7)19(22)12-17-15(5)10-14(4)11-16(17)6/h10-11,13,18H,8-9,12H2,1-7H3. The number of rotatable bonds is 8. The fraction of sp³-hybridized carbons (Fsp3) is 0.600. The van der Waals surface area contributed by atoms with Gasteiger partial charge in [0.15, 0.2) is 6.04 Å². The van der Waals surface area contributed by atoms with E-state index in [1.165, 1.54) is 17.7 Å². The molecule has 0 aliphatic rings. The van der Waals surface area contributed by atoms with Crippen LogP contribution in [0.5, 0.6) is 0 Å². The Morgan fingerprint density at radius 1 is 1.12 bits per heavy atom. The summed E-state index contributed by atoms with van der Waals surface area (Å²) in [4.78, 5) is 30.5. The van der Waals surface area contributed by atoms with Crippen LogP contribution < -0.4 is 0 Å². The van der Waals surface area contributed by atoms with Gasteiger partial charge in [-0.2, -0.15) is 0 Å². The zero-order chi connectivity index (χ0) is 19.1. The van der Waals surface area contributed by atoms with Crippen molar-refractivity contribution in [3.8, 4) is 0 Å². The van der Waals surface area contributed by atoms with E-state index in [2.05, 4.69) is 12.1 Å². The van der Waals surface area contributed by atoms with E-state index in [0.29, 0.717) is 6.42 Å². The van der Waals surface area contributed by atoms with Crippen molar-refractivity contribution in [3.63, 3.8) is 0 Å². The number of carbonyl (C=O) groups excluding carboxylic acids is 2. The molecule has 1 aromatic carbocycles. The van der Waals surface area contributed by atoms with E-state index in [9.17, 15) is 9.59 Å². The summed E-state index contributed by atoms with van der Waals surface area (Å²) in [6.07, 6.45) is 0.685. The number of aryl methyl sites for hydroxylation is 3. The molecular weight excluding hydrogens is 318 g/mol. The van der Waals surface area contributed by atoms with Gasteiger partial charge in [0.1, 0.15) is 0 Å². The van der Waals surface area contributed by atoms with Gasteiger partial charge in [0.2, 0.25) is 0 Å². The zero-order valence-electron chi connectivity index (χ0n) is 16.5. The molecule has 0 aliphatic heterocycles. The van der Waals surface area contributed by atoms with E-state index in [4.69, 9.17) is 9.57 Å². The molecule has 0 saturated carbocycles. The molecule has 0 fully saturated rings. The maximum atomic E-state index is 12.9. The molecule has 0 N–H and O–H groups in total. The molecule has 5 heteroatoms. The highest BCUT2D eigenvalue weighted by molar-refractivity contribution is 5.85. The predicted molar refractivity (Wildman–Crippen MR) is 98.1 cm³/mol. The van der Waals surface area contributed by atoms with Crippen LogP contribution in [0.15, 0.2) is 12.1 Å². The van der Waals surface area contributed by atoms with Crippen LogP contribution in [0.4, 0.5) is 0 Å². The lowest BCUT2D eigenvalue weighted by Crippen LogP contribution is -2.46. The lowest BCUT2D eigenvalue weighted by Gasteiger charge is -2.29. The summed E-state index contributed by atoms with van der Waals surface area (Å²) in [6.45, 7) is 12.1. The number of hydrogen-bond acceptors (Lipinski definition) is 4. The normalized spacial score (nSPS) is 12.2. The number of carbonyl (C=O) groups is 2. The van der Waals surface area contributed by atoms with Crippen molar-refractivity contribution in [1.82, 2.24) is 5.06 Å². The van der Waals surface area contributed by atoms with Gasteiger partial charge in [0, 0.05) is 0 Å². The van der Waals surface area contributed by atoms with Crippen molar-refractivity contribution in [2.24, 2.45) is 5.92 Å².